The van der Waals surface area contributed by atoms with Gasteiger partial charge in [0, 0.05) is 26.2 Å². The molecule has 1 aromatic rings. The lowest BCUT2D eigenvalue weighted by atomic mass is 9.89. The van der Waals surface area contributed by atoms with Gasteiger partial charge in [0.1, 0.15) is 7.85 Å². The van der Waals surface area contributed by atoms with Crippen LogP contribution in [0, 0.1) is 5.92 Å². The number of amides is 1. The molecule has 0 N–H and O–H groups in total. The lowest BCUT2D eigenvalue weighted by Crippen LogP contribution is -2.46. The van der Waals surface area contributed by atoms with Crippen LogP contribution in [0.5, 0.6) is 0 Å². The van der Waals surface area contributed by atoms with Gasteiger partial charge in [0.25, 0.3) is 0 Å². The molecule has 2 aliphatic heterocycles. The zero-order chi connectivity index (χ0) is 16.8. The van der Waals surface area contributed by atoms with Crippen molar-refractivity contribution in [3.8, 4) is 0 Å². The first-order chi connectivity index (χ1) is 11.7. The number of carbonyl (C=O) groups excluding carboxylic acids is 1. The Morgan fingerprint density at radius 1 is 1.17 bits per heavy atom. The van der Waals surface area contributed by atoms with Gasteiger partial charge in [0.15, 0.2) is 0 Å². The lowest BCUT2D eigenvalue weighted by Gasteiger charge is -2.33. The van der Waals surface area contributed by atoms with Crippen molar-refractivity contribution in [3.63, 3.8) is 0 Å². The molecule has 1 aromatic carbocycles. The molecular formula is C19H27BN2O2. The van der Waals surface area contributed by atoms with Crippen molar-refractivity contribution < 1.29 is 9.53 Å². The van der Waals surface area contributed by atoms with E-state index in [1.165, 1.54) is 11.0 Å². The molecule has 3 rings (SSSR count). The molecule has 5 heteroatoms. The zero-order valence-corrected chi connectivity index (χ0v) is 14.6. The van der Waals surface area contributed by atoms with Crippen LogP contribution >= 0.6 is 0 Å². The van der Waals surface area contributed by atoms with Gasteiger partial charge < -0.3 is 9.64 Å². The van der Waals surface area contributed by atoms with Crippen molar-refractivity contribution in [2.24, 2.45) is 5.92 Å². The minimum atomic E-state index is 0.276. The maximum atomic E-state index is 12.4. The molecule has 2 heterocycles. The van der Waals surface area contributed by atoms with E-state index in [1.54, 1.807) is 0 Å². The van der Waals surface area contributed by atoms with Gasteiger partial charge in [-0.1, -0.05) is 41.9 Å². The maximum Gasteiger partial charge on any atom is 0.236 e. The molecule has 0 aromatic heterocycles. The summed E-state index contributed by atoms with van der Waals surface area (Å²) < 4.78 is 5.34. The normalized spacial score (nSPS) is 20.6. The minimum absolute atomic E-state index is 0.276. The van der Waals surface area contributed by atoms with Crippen LogP contribution < -0.4 is 5.46 Å². The van der Waals surface area contributed by atoms with Gasteiger partial charge in [-0.25, -0.2) is 0 Å². The largest absolute Gasteiger partial charge is 0.379 e. The van der Waals surface area contributed by atoms with Crippen LogP contribution in [-0.2, 0) is 9.53 Å². The molecule has 2 fully saturated rings. The molecule has 4 nitrogen and oxygen atoms in total. The summed E-state index contributed by atoms with van der Waals surface area (Å²) in [5.74, 6) is 0.857. The van der Waals surface area contributed by atoms with Crippen LogP contribution in [0.1, 0.15) is 18.4 Å². The van der Waals surface area contributed by atoms with Crippen LogP contribution in [0.3, 0.4) is 0 Å². The lowest BCUT2D eigenvalue weighted by molar-refractivity contribution is -0.134. The van der Waals surface area contributed by atoms with Crippen LogP contribution in [0.15, 0.2) is 30.3 Å². The Bertz CT molecular complexity index is 576. The summed E-state index contributed by atoms with van der Waals surface area (Å²) in [6.45, 7) is 5.56. The second-order valence-corrected chi connectivity index (χ2v) is 6.82. The maximum absolute atomic E-state index is 12.4. The summed E-state index contributed by atoms with van der Waals surface area (Å²) in [6.07, 6.45) is 6.70. The van der Waals surface area contributed by atoms with Crippen LogP contribution in [0.25, 0.3) is 6.08 Å². The standard InChI is InChI=1S/C19H27BN2O2/c20-18-4-2-1-3-17(18)6-5-16-7-9-22(10-8-16)19(23)15-21-11-13-24-14-12-21/h1-6,16H,7-15,20H2/b6-5+. The third kappa shape index (κ3) is 4.71. The van der Waals surface area contributed by atoms with E-state index in [-0.39, 0.29) is 5.91 Å². The fourth-order valence-electron chi connectivity index (χ4n) is 3.41. The Kier molecular flexibility index (Phi) is 6.10. The molecule has 0 unspecified atom stereocenters. The predicted molar refractivity (Wildman–Crippen MR) is 100 cm³/mol. The number of nitrogens with zero attached hydrogens (tertiary/aromatic N) is 2. The second kappa shape index (κ2) is 8.49. The summed E-state index contributed by atoms with van der Waals surface area (Å²) in [7, 11) is 2.15. The summed E-state index contributed by atoms with van der Waals surface area (Å²) >= 11 is 0. The van der Waals surface area contributed by atoms with Crippen molar-refractivity contribution in [3.05, 3.63) is 35.9 Å². The third-order valence-electron chi connectivity index (χ3n) is 5.09. The molecule has 24 heavy (non-hydrogen) atoms. The van der Waals surface area contributed by atoms with E-state index in [2.05, 4.69) is 49.2 Å². The molecule has 1 amide bonds. The molecule has 2 aliphatic rings. The molecule has 0 saturated carbocycles. The third-order valence-corrected chi connectivity index (χ3v) is 5.09. The van der Waals surface area contributed by atoms with E-state index in [9.17, 15) is 4.79 Å². The van der Waals surface area contributed by atoms with E-state index < -0.39 is 0 Å². The van der Waals surface area contributed by atoms with Gasteiger partial charge in [0.2, 0.25) is 5.91 Å². The van der Waals surface area contributed by atoms with Crippen LogP contribution in [0.4, 0.5) is 0 Å². The van der Waals surface area contributed by atoms with Crippen LogP contribution in [-0.4, -0.2) is 69.5 Å². The van der Waals surface area contributed by atoms with Gasteiger partial charge in [0.05, 0.1) is 19.8 Å². The molecule has 0 aliphatic carbocycles. The highest BCUT2D eigenvalue weighted by molar-refractivity contribution is 6.34. The second-order valence-electron chi connectivity index (χ2n) is 6.82. The van der Waals surface area contributed by atoms with Crippen molar-refractivity contribution in [2.75, 3.05) is 45.9 Å². The van der Waals surface area contributed by atoms with Gasteiger partial charge in [-0.15, -0.1) is 0 Å². The highest BCUT2D eigenvalue weighted by atomic mass is 16.5. The minimum Gasteiger partial charge on any atom is -0.379 e. The first-order valence-corrected chi connectivity index (χ1v) is 9.04. The highest BCUT2D eigenvalue weighted by Crippen LogP contribution is 2.19. The smallest absolute Gasteiger partial charge is 0.236 e. The Morgan fingerprint density at radius 2 is 1.88 bits per heavy atom. The fraction of sp³-hybridized carbons (Fsp3) is 0.526. The molecular weight excluding hydrogens is 299 g/mol. The summed E-state index contributed by atoms with van der Waals surface area (Å²) in [5.41, 5.74) is 2.61. The molecule has 0 bridgehead atoms. The van der Waals surface area contributed by atoms with Crippen LogP contribution in [0.2, 0.25) is 0 Å². The number of benzene rings is 1. The number of carbonyl (C=O) groups is 1. The Balaban J connectivity index is 1.45. The quantitative estimate of drug-likeness (QED) is 0.757. The number of piperidine rings is 1. The average Bonchev–Trinajstić information content (AvgIpc) is 2.62. The van der Waals surface area contributed by atoms with Crippen molar-refractivity contribution in [1.82, 2.24) is 9.80 Å². The molecule has 128 valence electrons. The molecule has 2 saturated heterocycles. The van der Waals surface area contributed by atoms with E-state index in [4.69, 9.17) is 4.74 Å². The highest BCUT2D eigenvalue weighted by Gasteiger charge is 2.23. The SMILES string of the molecule is Bc1ccccc1/C=C/C1CCN(C(=O)CN2CCOCC2)CC1. The van der Waals surface area contributed by atoms with E-state index in [0.29, 0.717) is 12.5 Å². The van der Waals surface area contributed by atoms with Crippen molar-refractivity contribution >= 4 is 25.3 Å². The first kappa shape index (κ1) is 17.2. The zero-order valence-electron chi connectivity index (χ0n) is 14.6. The Hall–Kier alpha value is -1.59. The number of allylic oxidation sites excluding steroid dienone is 1. The van der Waals surface area contributed by atoms with Crippen molar-refractivity contribution in [1.29, 1.82) is 0 Å². The van der Waals surface area contributed by atoms with Gasteiger partial charge in [-0.3, -0.25) is 9.69 Å². The number of rotatable bonds is 4. The number of hydrogen-bond acceptors (Lipinski definition) is 3. The number of morpholine rings is 1. The topological polar surface area (TPSA) is 32.8 Å². The number of ether oxygens (including phenoxy) is 1. The average molecular weight is 326 g/mol. The predicted octanol–water partition coefficient (Wildman–Crippen LogP) is 0.529. The number of hydrogen-bond donors (Lipinski definition) is 0. The molecule has 0 spiro atoms. The fourth-order valence-corrected chi connectivity index (χ4v) is 3.41. The monoisotopic (exact) mass is 326 g/mol. The summed E-state index contributed by atoms with van der Waals surface area (Å²) in [4.78, 5) is 16.7. The Morgan fingerprint density at radius 3 is 2.58 bits per heavy atom. The van der Waals surface area contributed by atoms with Gasteiger partial charge >= 0.3 is 0 Å². The first-order valence-electron chi connectivity index (χ1n) is 9.04. The van der Waals surface area contributed by atoms with E-state index in [1.807, 2.05) is 4.90 Å². The van der Waals surface area contributed by atoms with Gasteiger partial charge in [-0.2, -0.15) is 0 Å². The summed E-state index contributed by atoms with van der Waals surface area (Å²) in [5, 5.41) is 0. The van der Waals surface area contributed by atoms with E-state index >= 15 is 0 Å². The number of likely N-dealkylation sites (tertiary alicyclic amines) is 1. The Labute approximate surface area is 145 Å². The molecule has 0 radical (unpaired) electrons. The summed E-state index contributed by atoms with van der Waals surface area (Å²) in [6, 6.07) is 8.46. The molecule has 0 atom stereocenters. The van der Waals surface area contributed by atoms with Gasteiger partial charge in [-0.05, 0) is 24.3 Å². The van der Waals surface area contributed by atoms with Crippen molar-refractivity contribution in [2.45, 2.75) is 12.8 Å². The van der Waals surface area contributed by atoms with E-state index in [0.717, 1.165) is 52.2 Å².